The van der Waals surface area contributed by atoms with Crippen LogP contribution in [0.2, 0.25) is 0 Å². The largest absolute Gasteiger partial charge is 0.326 e. The number of likely N-dealkylation sites (tertiary alicyclic amines) is 1. The molecule has 3 rings (SSSR count). The van der Waals surface area contributed by atoms with Crippen molar-refractivity contribution in [2.45, 2.75) is 56.4 Å². The van der Waals surface area contributed by atoms with Gasteiger partial charge in [-0.15, -0.1) is 0 Å². The zero-order chi connectivity index (χ0) is 14.8. The van der Waals surface area contributed by atoms with Crippen LogP contribution in [0.15, 0.2) is 0 Å². The lowest BCUT2D eigenvalue weighted by molar-refractivity contribution is -0.146. The molecule has 5 N–H and O–H groups in total. The molecule has 0 aromatic rings. The predicted molar refractivity (Wildman–Crippen MR) is 85.5 cm³/mol. The van der Waals surface area contributed by atoms with Crippen molar-refractivity contribution in [2.75, 3.05) is 39.8 Å². The molecule has 0 bridgehead atoms. The second-order valence-corrected chi connectivity index (χ2v) is 6.97. The first-order valence-corrected chi connectivity index (χ1v) is 8.63. The van der Waals surface area contributed by atoms with Gasteiger partial charge in [-0.2, -0.15) is 0 Å². The molecule has 21 heavy (non-hydrogen) atoms. The van der Waals surface area contributed by atoms with Crippen LogP contribution in [0.1, 0.15) is 32.1 Å². The Morgan fingerprint density at radius 3 is 2.33 bits per heavy atom. The average molecular weight is 296 g/mol. The van der Waals surface area contributed by atoms with Gasteiger partial charge in [0.2, 0.25) is 0 Å². The van der Waals surface area contributed by atoms with Crippen molar-refractivity contribution in [1.29, 1.82) is 0 Å². The lowest BCUT2D eigenvalue weighted by Crippen LogP contribution is -2.67. The van der Waals surface area contributed by atoms with Crippen molar-refractivity contribution < 1.29 is 0 Å². The number of hydrogen-bond acceptors (Lipinski definition) is 6. The van der Waals surface area contributed by atoms with E-state index in [4.69, 9.17) is 11.5 Å². The van der Waals surface area contributed by atoms with Crippen LogP contribution in [-0.4, -0.2) is 79.0 Å². The second kappa shape index (κ2) is 6.89. The van der Waals surface area contributed by atoms with Gasteiger partial charge in [-0.25, -0.2) is 10.0 Å². The minimum atomic E-state index is 0.329. The van der Waals surface area contributed by atoms with Gasteiger partial charge in [0.05, 0.1) is 6.17 Å². The third kappa shape index (κ3) is 3.41. The van der Waals surface area contributed by atoms with E-state index in [2.05, 4.69) is 27.3 Å². The van der Waals surface area contributed by atoms with Gasteiger partial charge in [-0.05, 0) is 39.2 Å². The van der Waals surface area contributed by atoms with Crippen molar-refractivity contribution >= 4 is 0 Å². The molecule has 3 fully saturated rings. The molecule has 122 valence electrons. The Bertz CT molecular complexity index is 338. The maximum atomic E-state index is 6.20. The zero-order valence-electron chi connectivity index (χ0n) is 13.4. The molecule has 6 nitrogen and oxygen atoms in total. The van der Waals surface area contributed by atoms with Gasteiger partial charge in [0.15, 0.2) is 0 Å². The van der Waals surface area contributed by atoms with Crippen molar-refractivity contribution in [3.8, 4) is 0 Å². The monoisotopic (exact) mass is 296 g/mol. The molecular formula is C15H32N6. The number of likely N-dealkylation sites (N-methyl/N-ethyl adjacent to an activating group) is 1. The average Bonchev–Trinajstić information content (AvgIpc) is 2.92. The number of piperidine rings is 2. The lowest BCUT2D eigenvalue weighted by atomic mass is 10.0. The van der Waals surface area contributed by atoms with Crippen LogP contribution in [0.25, 0.3) is 0 Å². The highest BCUT2D eigenvalue weighted by atomic mass is 15.7. The molecule has 6 heteroatoms. The molecule has 0 aromatic carbocycles. The highest BCUT2D eigenvalue weighted by Crippen LogP contribution is 2.27. The summed E-state index contributed by atoms with van der Waals surface area (Å²) in [5.74, 6) is 0. The lowest BCUT2D eigenvalue weighted by Gasteiger charge is -2.51. The van der Waals surface area contributed by atoms with Crippen molar-refractivity contribution in [1.82, 2.24) is 20.2 Å². The standard InChI is InChI=1S/C15H32N6/c1-18-14-5-3-8-21(20-7-2-4-12(16)11-20)15(14)19-9-6-13(17)10-19/h12-15,18H,2-11,16-17H2,1H3. The van der Waals surface area contributed by atoms with E-state index in [1.54, 1.807) is 0 Å². The normalized spacial score (nSPS) is 40.7. The molecule has 3 aliphatic heterocycles. The minimum absolute atomic E-state index is 0.329. The Kier molecular flexibility index (Phi) is 5.14. The summed E-state index contributed by atoms with van der Waals surface area (Å²) in [6.45, 7) is 5.47. The number of hydrogen-bond donors (Lipinski definition) is 3. The molecular weight excluding hydrogens is 264 g/mol. The van der Waals surface area contributed by atoms with Crippen LogP contribution in [0.3, 0.4) is 0 Å². The van der Waals surface area contributed by atoms with Gasteiger partial charge >= 0.3 is 0 Å². The summed E-state index contributed by atoms with van der Waals surface area (Å²) >= 11 is 0. The van der Waals surface area contributed by atoms with Crippen molar-refractivity contribution in [2.24, 2.45) is 11.5 Å². The number of nitrogens with zero attached hydrogens (tertiary/aromatic N) is 3. The molecule has 0 radical (unpaired) electrons. The maximum Gasteiger partial charge on any atom is 0.0915 e. The van der Waals surface area contributed by atoms with E-state index in [-0.39, 0.29) is 0 Å². The molecule has 4 atom stereocenters. The zero-order valence-corrected chi connectivity index (χ0v) is 13.4. The number of rotatable bonds is 3. The number of nitrogens with two attached hydrogens (primary N) is 2. The highest BCUT2D eigenvalue weighted by molar-refractivity contribution is 4.93. The molecule has 0 saturated carbocycles. The van der Waals surface area contributed by atoms with E-state index >= 15 is 0 Å². The fourth-order valence-corrected chi connectivity index (χ4v) is 4.29. The Morgan fingerprint density at radius 2 is 1.67 bits per heavy atom. The van der Waals surface area contributed by atoms with E-state index in [9.17, 15) is 0 Å². The number of nitrogens with one attached hydrogen (secondary N) is 1. The van der Waals surface area contributed by atoms with Gasteiger partial charge in [-0.1, -0.05) is 0 Å². The van der Waals surface area contributed by atoms with Crippen LogP contribution in [0, 0.1) is 0 Å². The SMILES string of the molecule is CNC1CCCN(N2CCCC(N)C2)C1N1CCC(N)C1. The summed E-state index contributed by atoms with van der Waals surface area (Å²) in [7, 11) is 2.10. The maximum absolute atomic E-state index is 6.20. The summed E-state index contributed by atoms with van der Waals surface area (Å²) < 4.78 is 0. The fraction of sp³-hybridized carbons (Fsp3) is 1.00. The second-order valence-electron chi connectivity index (χ2n) is 6.97. The van der Waals surface area contributed by atoms with Crippen LogP contribution in [0.4, 0.5) is 0 Å². The summed E-state index contributed by atoms with van der Waals surface area (Å²) in [5, 5.41) is 8.66. The van der Waals surface area contributed by atoms with Gasteiger partial charge in [0.1, 0.15) is 0 Å². The van der Waals surface area contributed by atoms with Gasteiger partial charge in [-0.3, -0.25) is 4.90 Å². The quantitative estimate of drug-likeness (QED) is 0.644. The topological polar surface area (TPSA) is 73.8 Å². The minimum Gasteiger partial charge on any atom is -0.326 e. The molecule has 0 aromatic heterocycles. The van der Waals surface area contributed by atoms with Gasteiger partial charge in [0, 0.05) is 50.8 Å². The van der Waals surface area contributed by atoms with E-state index in [0.717, 1.165) is 39.1 Å². The van der Waals surface area contributed by atoms with Crippen molar-refractivity contribution in [3.63, 3.8) is 0 Å². The van der Waals surface area contributed by atoms with Crippen LogP contribution < -0.4 is 16.8 Å². The van der Waals surface area contributed by atoms with E-state index < -0.39 is 0 Å². The fourth-order valence-electron chi connectivity index (χ4n) is 4.29. The van der Waals surface area contributed by atoms with E-state index in [1.165, 1.54) is 25.7 Å². The molecule has 0 amide bonds. The van der Waals surface area contributed by atoms with Gasteiger partial charge in [0.25, 0.3) is 0 Å². The van der Waals surface area contributed by atoms with Crippen LogP contribution >= 0.6 is 0 Å². The predicted octanol–water partition coefficient (Wildman–Crippen LogP) is -0.633. The Labute approximate surface area is 128 Å². The number of hydrazine groups is 1. The summed E-state index contributed by atoms with van der Waals surface area (Å²) in [6.07, 6.45) is 6.47. The first-order valence-electron chi connectivity index (χ1n) is 8.63. The summed E-state index contributed by atoms with van der Waals surface area (Å²) in [4.78, 5) is 2.59. The highest BCUT2D eigenvalue weighted by Gasteiger charge is 2.40. The smallest absolute Gasteiger partial charge is 0.0915 e. The molecule has 0 aliphatic carbocycles. The molecule has 0 spiro atoms. The third-order valence-corrected chi connectivity index (χ3v) is 5.37. The van der Waals surface area contributed by atoms with E-state index in [1.807, 2.05) is 0 Å². The van der Waals surface area contributed by atoms with Gasteiger partial charge < -0.3 is 16.8 Å². The Hall–Kier alpha value is -0.240. The third-order valence-electron chi connectivity index (χ3n) is 5.37. The Balaban J connectivity index is 1.75. The summed E-state index contributed by atoms with van der Waals surface area (Å²) in [6, 6.07) is 1.20. The molecule has 4 unspecified atom stereocenters. The Morgan fingerprint density at radius 1 is 0.905 bits per heavy atom. The van der Waals surface area contributed by atoms with Crippen LogP contribution in [0.5, 0.6) is 0 Å². The first kappa shape index (κ1) is 15.6. The first-order chi connectivity index (χ1) is 10.2. The van der Waals surface area contributed by atoms with E-state index in [0.29, 0.717) is 24.3 Å². The van der Waals surface area contributed by atoms with Crippen molar-refractivity contribution in [3.05, 3.63) is 0 Å². The van der Waals surface area contributed by atoms with Crippen LogP contribution in [-0.2, 0) is 0 Å². The molecule has 3 heterocycles. The molecule has 3 saturated heterocycles. The summed E-state index contributed by atoms with van der Waals surface area (Å²) in [5.41, 5.74) is 12.4. The molecule has 3 aliphatic rings.